The molecule has 0 saturated carbocycles. The van der Waals surface area contributed by atoms with E-state index in [2.05, 4.69) is 5.32 Å². The number of rotatable bonds is 7. The van der Waals surface area contributed by atoms with Crippen LogP contribution in [-0.4, -0.2) is 24.6 Å². The second kappa shape index (κ2) is 9.81. The van der Waals surface area contributed by atoms with E-state index in [4.69, 9.17) is 37.9 Å². The van der Waals surface area contributed by atoms with Crippen molar-refractivity contribution in [2.24, 2.45) is 0 Å². The Morgan fingerprint density at radius 3 is 2.52 bits per heavy atom. The summed E-state index contributed by atoms with van der Waals surface area (Å²) in [5.41, 5.74) is 1.38. The fourth-order valence-corrected chi connectivity index (χ4v) is 2.51. The zero-order valence-corrected chi connectivity index (χ0v) is 15.9. The Hall–Kier alpha value is -2.75. The number of amides is 1. The highest BCUT2D eigenvalue weighted by Gasteiger charge is 2.19. The fraction of sp³-hybridized carbons (Fsp3) is 0.211. The van der Waals surface area contributed by atoms with Crippen LogP contribution < -0.4 is 10.1 Å². The van der Waals surface area contributed by atoms with Crippen molar-refractivity contribution in [3.05, 3.63) is 58.1 Å². The number of nitrogens with zero attached hydrogens (tertiary/aromatic N) is 1. The van der Waals surface area contributed by atoms with Crippen molar-refractivity contribution in [2.45, 2.75) is 19.4 Å². The van der Waals surface area contributed by atoms with Gasteiger partial charge in [-0.1, -0.05) is 35.3 Å². The van der Waals surface area contributed by atoms with Crippen LogP contribution in [0.5, 0.6) is 5.75 Å². The molecule has 140 valence electrons. The van der Waals surface area contributed by atoms with Crippen molar-refractivity contribution < 1.29 is 19.1 Å². The topological polar surface area (TPSA) is 88.4 Å². The van der Waals surface area contributed by atoms with Crippen LogP contribution in [-0.2, 0) is 20.7 Å². The number of carbonyl (C=O) groups is 2. The van der Waals surface area contributed by atoms with E-state index in [1.165, 1.54) is 19.1 Å². The predicted molar refractivity (Wildman–Crippen MR) is 102 cm³/mol. The zero-order valence-electron chi connectivity index (χ0n) is 14.4. The van der Waals surface area contributed by atoms with Gasteiger partial charge in [0.1, 0.15) is 5.75 Å². The molecule has 0 unspecified atom stereocenters. The van der Waals surface area contributed by atoms with Crippen LogP contribution in [0.4, 0.5) is 5.69 Å². The third-order valence-corrected chi connectivity index (χ3v) is 3.93. The lowest BCUT2D eigenvalue weighted by Crippen LogP contribution is -2.29. The van der Waals surface area contributed by atoms with Gasteiger partial charge in [0.25, 0.3) is 5.91 Å². The minimum absolute atomic E-state index is 0.264. The quantitative estimate of drug-likeness (QED) is 0.701. The highest BCUT2D eigenvalue weighted by molar-refractivity contribution is 6.35. The van der Waals surface area contributed by atoms with E-state index in [1.807, 2.05) is 6.07 Å². The van der Waals surface area contributed by atoms with Crippen molar-refractivity contribution >= 4 is 40.8 Å². The molecular formula is C19H16Cl2N2O4. The van der Waals surface area contributed by atoms with Crippen LogP contribution in [0, 0.1) is 11.3 Å². The average molecular weight is 407 g/mol. The van der Waals surface area contributed by atoms with E-state index < -0.39 is 24.6 Å². The lowest BCUT2D eigenvalue weighted by atomic mass is 10.1. The summed E-state index contributed by atoms with van der Waals surface area (Å²) in [4.78, 5) is 23.9. The van der Waals surface area contributed by atoms with Crippen molar-refractivity contribution in [2.75, 3.05) is 11.9 Å². The van der Waals surface area contributed by atoms with Gasteiger partial charge in [0.05, 0.1) is 17.5 Å². The monoisotopic (exact) mass is 406 g/mol. The summed E-state index contributed by atoms with van der Waals surface area (Å²) in [6.45, 7) is 1.03. The normalized spacial score (nSPS) is 11.2. The molecule has 0 saturated heterocycles. The molecule has 8 heteroatoms. The molecule has 2 aromatic carbocycles. The number of anilines is 1. The molecule has 2 rings (SSSR count). The molecule has 1 N–H and O–H groups in total. The molecule has 0 spiro atoms. The summed E-state index contributed by atoms with van der Waals surface area (Å²) in [7, 11) is 0. The van der Waals surface area contributed by atoms with E-state index in [9.17, 15) is 9.59 Å². The summed E-state index contributed by atoms with van der Waals surface area (Å²) < 4.78 is 10.4. The van der Waals surface area contributed by atoms with Gasteiger partial charge < -0.3 is 14.8 Å². The Bertz CT molecular complexity index is 863. The summed E-state index contributed by atoms with van der Waals surface area (Å²) in [6, 6.07) is 13.4. The van der Waals surface area contributed by atoms with E-state index in [1.54, 1.807) is 30.3 Å². The first-order chi connectivity index (χ1) is 12.9. The molecule has 1 amide bonds. The molecule has 0 aromatic heterocycles. The Kier molecular flexibility index (Phi) is 7.47. The average Bonchev–Trinajstić information content (AvgIpc) is 2.63. The van der Waals surface area contributed by atoms with Crippen LogP contribution in [0.1, 0.15) is 12.5 Å². The number of esters is 1. The molecule has 0 fully saturated rings. The zero-order chi connectivity index (χ0) is 19.8. The van der Waals surface area contributed by atoms with E-state index in [0.717, 1.165) is 5.56 Å². The maximum atomic E-state index is 12.0. The van der Waals surface area contributed by atoms with Crippen LogP contribution in [0.25, 0.3) is 0 Å². The van der Waals surface area contributed by atoms with Crippen LogP contribution in [0.15, 0.2) is 42.5 Å². The highest BCUT2D eigenvalue weighted by atomic mass is 35.5. The molecule has 0 aliphatic carbocycles. The van der Waals surface area contributed by atoms with Gasteiger partial charge in [0.2, 0.25) is 0 Å². The molecule has 1 atom stereocenters. The first kappa shape index (κ1) is 20.6. The van der Waals surface area contributed by atoms with Gasteiger partial charge in [-0.25, -0.2) is 4.79 Å². The summed E-state index contributed by atoms with van der Waals surface area (Å²) in [5, 5.41) is 11.9. The SMILES string of the molecule is C[C@H](Oc1ccc(Cl)cc1Cl)C(=O)OCC(=O)Nc1ccc(CC#N)cc1. The molecule has 6 nitrogen and oxygen atoms in total. The predicted octanol–water partition coefficient (Wildman–Crippen LogP) is 4.01. The Labute approximate surface area is 166 Å². The number of hydrogen-bond donors (Lipinski definition) is 1. The second-order valence-electron chi connectivity index (χ2n) is 5.52. The van der Waals surface area contributed by atoms with Crippen molar-refractivity contribution in [3.8, 4) is 11.8 Å². The van der Waals surface area contributed by atoms with Gasteiger partial charge in [-0.05, 0) is 42.8 Å². The van der Waals surface area contributed by atoms with Gasteiger partial charge in [0.15, 0.2) is 12.7 Å². The third-order valence-electron chi connectivity index (χ3n) is 3.40. The molecule has 0 heterocycles. The van der Waals surface area contributed by atoms with Crippen LogP contribution in [0.2, 0.25) is 10.0 Å². The lowest BCUT2D eigenvalue weighted by Gasteiger charge is -2.15. The fourth-order valence-electron chi connectivity index (χ4n) is 2.06. The molecule has 27 heavy (non-hydrogen) atoms. The van der Waals surface area contributed by atoms with Gasteiger partial charge in [-0.15, -0.1) is 0 Å². The van der Waals surface area contributed by atoms with Crippen LogP contribution >= 0.6 is 23.2 Å². The van der Waals surface area contributed by atoms with E-state index in [0.29, 0.717) is 17.1 Å². The maximum absolute atomic E-state index is 12.0. The Morgan fingerprint density at radius 2 is 1.89 bits per heavy atom. The summed E-state index contributed by atoms with van der Waals surface area (Å²) in [6.07, 6.45) is -0.664. The Balaban J connectivity index is 1.81. The number of benzene rings is 2. The standard InChI is InChI=1S/C19H16Cl2N2O4/c1-12(27-17-7-4-14(20)10-16(17)21)19(25)26-11-18(24)23-15-5-2-13(3-6-15)8-9-22/h2-7,10,12H,8,11H2,1H3,(H,23,24)/t12-/m0/s1. The highest BCUT2D eigenvalue weighted by Crippen LogP contribution is 2.28. The Morgan fingerprint density at radius 1 is 1.19 bits per heavy atom. The van der Waals surface area contributed by atoms with Crippen LogP contribution in [0.3, 0.4) is 0 Å². The number of halogens is 2. The number of ether oxygens (including phenoxy) is 2. The van der Waals surface area contributed by atoms with Gasteiger partial charge in [-0.3, -0.25) is 4.79 Å². The summed E-state index contributed by atoms with van der Waals surface area (Å²) in [5.74, 6) is -0.916. The summed E-state index contributed by atoms with van der Waals surface area (Å²) >= 11 is 11.8. The number of nitriles is 1. The molecule has 0 bridgehead atoms. The molecule has 0 radical (unpaired) electrons. The minimum atomic E-state index is -0.957. The first-order valence-corrected chi connectivity index (χ1v) is 8.68. The lowest BCUT2D eigenvalue weighted by molar-refractivity contribution is -0.153. The minimum Gasteiger partial charge on any atom is -0.477 e. The number of carbonyl (C=O) groups excluding carboxylic acids is 2. The molecule has 2 aromatic rings. The second-order valence-corrected chi connectivity index (χ2v) is 6.37. The first-order valence-electron chi connectivity index (χ1n) is 7.93. The molecule has 0 aliphatic heterocycles. The van der Waals surface area contributed by atoms with Crippen molar-refractivity contribution in [1.82, 2.24) is 0 Å². The van der Waals surface area contributed by atoms with Crippen molar-refractivity contribution in [3.63, 3.8) is 0 Å². The van der Waals surface area contributed by atoms with Gasteiger partial charge in [0, 0.05) is 10.7 Å². The van der Waals surface area contributed by atoms with E-state index in [-0.39, 0.29) is 10.8 Å². The number of nitrogens with one attached hydrogen (secondary N) is 1. The van der Waals surface area contributed by atoms with Gasteiger partial charge >= 0.3 is 5.97 Å². The third kappa shape index (κ3) is 6.48. The maximum Gasteiger partial charge on any atom is 0.347 e. The number of hydrogen-bond acceptors (Lipinski definition) is 5. The smallest absolute Gasteiger partial charge is 0.347 e. The molecular weight excluding hydrogens is 391 g/mol. The largest absolute Gasteiger partial charge is 0.477 e. The van der Waals surface area contributed by atoms with Crippen molar-refractivity contribution in [1.29, 1.82) is 5.26 Å². The van der Waals surface area contributed by atoms with Gasteiger partial charge in [-0.2, -0.15) is 5.26 Å². The molecule has 0 aliphatic rings. The van der Waals surface area contributed by atoms with E-state index >= 15 is 0 Å².